The third kappa shape index (κ3) is 5.93. The molecule has 0 saturated carbocycles. The molecule has 2 aromatic heterocycles. The van der Waals surface area contributed by atoms with Gasteiger partial charge in [-0.05, 0) is 62.7 Å². The number of piperidine rings is 1. The number of halogens is 2. The lowest BCUT2D eigenvalue weighted by atomic mass is 9.77. The second-order valence-corrected chi connectivity index (χ2v) is 11.5. The number of amidine groups is 1. The van der Waals surface area contributed by atoms with Crippen LogP contribution in [0, 0.1) is 11.2 Å². The zero-order valence-electron chi connectivity index (χ0n) is 20.6. The molecule has 1 aliphatic rings. The zero-order valence-corrected chi connectivity index (χ0v) is 23.0. The maximum absolute atomic E-state index is 13.5. The molecule has 4 rings (SSSR count). The Morgan fingerprint density at radius 1 is 1.29 bits per heavy atom. The van der Waals surface area contributed by atoms with Gasteiger partial charge >= 0.3 is 6.09 Å². The number of benzene rings is 1. The number of carbonyl (C=O) groups excluding carboxylic acids is 1. The first kappa shape index (κ1) is 27.4. The molecule has 1 aliphatic heterocycles. The molecule has 1 fully saturated rings. The molecule has 38 heavy (non-hydrogen) atoms. The Kier molecular flexibility index (Phi) is 7.97. The number of likely N-dealkylation sites (tertiary alicyclic amines) is 1. The number of nitrogens with zero attached hydrogens (tertiary/aromatic N) is 5. The fourth-order valence-electron chi connectivity index (χ4n) is 4.26. The van der Waals surface area contributed by atoms with Crippen molar-refractivity contribution in [3.8, 4) is 0 Å². The van der Waals surface area contributed by atoms with Crippen LogP contribution in [0.1, 0.15) is 60.7 Å². The molecule has 0 bridgehead atoms. The molecule has 1 aromatic carbocycles. The molecule has 12 nitrogen and oxygen atoms in total. The van der Waals surface area contributed by atoms with Crippen LogP contribution in [-0.2, 0) is 0 Å². The average molecular weight is 610 g/mol. The number of carboxylic acid groups (broad SMARTS) is 1. The van der Waals surface area contributed by atoms with Crippen LogP contribution >= 0.6 is 27.3 Å². The van der Waals surface area contributed by atoms with Crippen LogP contribution in [0.15, 0.2) is 37.8 Å². The van der Waals surface area contributed by atoms with E-state index in [-0.39, 0.29) is 44.9 Å². The average Bonchev–Trinajstić information content (AvgIpc) is 3.54. The predicted molar refractivity (Wildman–Crippen MR) is 140 cm³/mol. The van der Waals surface area contributed by atoms with Crippen LogP contribution in [0.25, 0.3) is 0 Å². The number of hydrogen-bond donors (Lipinski definition) is 4. The van der Waals surface area contributed by atoms with Gasteiger partial charge in [0.25, 0.3) is 5.91 Å². The van der Waals surface area contributed by atoms with E-state index in [0.29, 0.717) is 25.1 Å². The van der Waals surface area contributed by atoms with Crippen LogP contribution < -0.4 is 10.6 Å². The minimum Gasteiger partial charge on any atom is -0.465 e. The Labute approximate surface area is 229 Å². The quantitative estimate of drug-likeness (QED) is 0.131. The molecule has 3 heterocycles. The zero-order chi connectivity index (χ0) is 27.6. The molecule has 2 unspecified atom stereocenters. The number of thiazole rings is 1. The Balaban J connectivity index is 1.47. The Hall–Kier alpha value is -3.59. The number of hydrogen-bond acceptors (Lipinski definition) is 9. The molecule has 4 N–H and O–H groups in total. The van der Waals surface area contributed by atoms with Gasteiger partial charge in [-0.3, -0.25) is 4.79 Å². The third-order valence-electron chi connectivity index (χ3n) is 6.18. The summed E-state index contributed by atoms with van der Waals surface area (Å²) in [4.78, 5) is 30.7. The summed E-state index contributed by atoms with van der Waals surface area (Å²) in [6.45, 7) is 6.41. The number of aromatic nitrogens is 3. The van der Waals surface area contributed by atoms with Crippen molar-refractivity contribution in [3.63, 3.8) is 0 Å². The number of amides is 2. The lowest BCUT2D eigenvalue weighted by molar-refractivity contribution is 0.0525. The van der Waals surface area contributed by atoms with Gasteiger partial charge in [0.15, 0.2) is 5.69 Å². The van der Waals surface area contributed by atoms with Gasteiger partial charge in [0.1, 0.15) is 11.5 Å². The lowest BCUT2D eigenvalue weighted by Crippen LogP contribution is -2.51. The second-order valence-electron chi connectivity index (χ2n) is 9.77. The van der Waals surface area contributed by atoms with Crippen LogP contribution in [0.2, 0.25) is 0 Å². The van der Waals surface area contributed by atoms with Crippen LogP contribution in [0.4, 0.5) is 20.7 Å². The standard InChI is InChI=1S/C23H25BrFN7O5S/c1-23(2,3)16-8-11(6-7-32(16)22(34)35)21-27-15(10-38-21)20(33)28-19-17(30-37-31-19)18(29-36)26-12-4-5-14(25)13(24)9-12/h4-5,9-11,16,36H,6-8H2,1-3H3,(H,26,29)(H,34,35)(H,28,31,33). The van der Waals surface area contributed by atoms with Gasteiger partial charge in [-0.2, -0.15) is 0 Å². The van der Waals surface area contributed by atoms with Gasteiger partial charge in [0.2, 0.25) is 11.7 Å². The van der Waals surface area contributed by atoms with Crippen molar-refractivity contribution < 1.29 is 28.9 Å². The molecule has 2 amide bonds. The van der Waals surface area contributed by atoms with E-state index < -0.39 is 17.8 Å². The van der Waals surface area contributed by atoms with Gasteiger partial charge in [0, 0.05) is 29.6 Å². The fourth-order valence-corrected chi connectivity index (χ4v) is 5.59. The topological polar surface area (TPSA) is 166 Å². The number of anilines is 2. The maximum Gasteiger partial charge on any atom is 0.407 e. The van der Waals surface area contributed by atoms with Crippen molar-refractivity contribution in [2.75, 3.05) is 17.2 Å². The molecule has 2 atom stereocenters. The van der Waals surface area contributed by atoms with Crippen molar-refractivity contribution in [2.45, 2.75) is 45.6 Å². The van der Waals surface area contributed by atoms with Crippen LogP contribution in [-0.4, -0.2) is 60.9 Å². The monoisotopic (exact) mass is 609 g/mol. The highest BCUT2D eigenvalue weighted by molar-refractivity contribution is 9.10. The smallest absolute Gasteiger partial charge is 0.407 e. The summed E-state index contributed by atoms with van der Waals surface area (Å²) in [6, 6.07) is 3.86. The first-order valence-corrected chi connectivity index (χ1v) is 13.2. The van der Waals surface area contributed by atoms with Crippen molar-refractivity contribution >= 4 is 56.6 Å². The SMILES string of the molecule is CC(C)(C)C1CC(c2nc(C(=O)Nc3nonc3C(=NO)Nc3ccc(F)c(Br)c3)cs2)CCN1C(=O)O. The maximum atomic E-state index is 13.5. The van der Waals surface area contributed by atoms with Crippen molar-refractivity contribution in [1.29, 1.82) is 0 Å². The lowest BCUT2D eigenvalue weighted by Gasteiger charge is -2.44. The Morgan fingerprint density at radius 3 is 2.71 bits per heavy atom. The summed E-state index contributed by atoms with van der Waals surface area (Å²) in [5, 5.41) is 37.3. The number of rotatable bonds is 5. The Morgan fingerprint density at radius 2 is 2.05 bits per heavy atom. The highest BCUT2D eigenvalue weighted by atomic mass is 79.9. The molecule has 0 aliphatic carbocycles. The van der Waals surface area contributed by atoms with E-state index in [9.17, 15) is 24.3 Å². The fraction of sp³-hybridized carbons (Fsp3) is 0.391. The summed E-state index contributed by atoms with van der Waals surface area (Å²) in [6.07, 6.45) is 0.266. The normalized spacial score (nSPS) is 18.3. The van der Waals surface area contributed by atoms with Gasteiger partial charge in [0.05, 0.1) is 9.48 Å². The summed E-state index contributed by atoms with van der Waals surface area (Å²) < 4.78 is 18.5. The van der Waals surface area contributed by atoms with Crippen molar-refractivity contribution in [2.24, 2.45) is 10.6 Å². The summed E-state index contributed by atoms with van der Waals surface area (Å²) in [5.41, 5.74) is 0.170. The summed E-state index contributed by atoms with van der Waals surface area (Å²) in [5.74, 6) is -1.36. The molecule has 15 heteroatoms. The molecular formula is C23H25BrFN7O5S. The highest BCUT2D eigenvalue weighted by Crippen LogP contribution is 2.40. The highest BCUT2D eigenvalue weighted by Gasteiger charge is 2.40. The molecule has 0 radical (unpaired) electrons. The van der Waals surface area contributed by atoms with Gasteiger partial charge in [-0.25, -0.2) is 18.8 Å². The van der Waals surface area contributed by atoms with E-state index in [2.05, 4.69) is 47.0 Å². The van der Waals surface area contributed by atoms with E-state index in [1.165, 1.54) is 34.4 Å². The molecule has 3 aromatic rings. The third-order valence-corrected chi connectivity index (χ3v) is 7.79. The second kappa shape index (κ2) is 11.0. The van der Waals surface area contributed by atoms with Crippen LogP contribution in [0.3, 0.4) is 0 Å². The van der Waals surface area contributed by atoms with E-state index in [0.717, 1.165) is 5.01 Å². The van der Waals surface area contributed by atoms with E-state index in [4.69, 9.17) is 4.63 Å². The van der Waals surface area contributed by atoms with E-state index in [1.807, 2.05) is 20.8 Å². The van der Waals surface area contributed by atoms with Gasteiger partial charge in [-0.1, -0.05) is 25.9 Å². The predicted octanol–water partition coefficient (Wildman–Crippen LogP) is 5.20. The Bertz CT molecular complexity index is 1370. The minimum absolute atomic E-state index is 0.0120. The summed E-state index contributed by atoms with van der Waals surface area (Å²) >= 11 is 4.41. The van der Waals surface area contributed by atoms with E-state index >= 15 is 0 Å². The molecule has 1 saturated heterocycles. The van der Waals surface area contributed by atoms with Crippen molar-refractivity contribution in [1.82, 2.24) is 20.2 Å². The molecule has 202 valence electrons. The van der Waals surface area contributed by atoms with Crippen molar-refractivity contribution in [3.05, 3.63) is 50.3 Å². The summed E-state index contributed by atoms with van der Waals surface area (Å²) in [7, 11) is 0. The van der Waals surface area contributed by atoms with Gasteiger partial charge < -0.3 is 25.8 Å². The molecule has 0 spiro atoms. The van der Waals surface area contributed by atoms with E-state index in [1.54, 1.807) is 5.38 Å². The minimum atomic E-state index is -0.938. The first-order valence-electron chi connectivity index (χ1n) is 11.5. The number of carbonyl (C=O) groups is 2. The largest absolute Gasteiger partial charge is 0.465 e. The number of oxime groups is 1. The van der Waals surface area contributed by atoms with Gasteiger partial charge in [-0.15, -0.1) is 11.3 Å². The molecular weight excluding hydrogens is 585 g/mol. The number of nitrogens with one attached hydrogen (secondary N) is 2. The van der Waals surface area contributed by atoms with Crippen LogP contribution in [0.5, 0.6) is 0 Å². The first-order chi connectivity index (χ1) is 18.0.